The first kappa shape index (κ1) is 13.9. The van der Waals surface area contributed by atoms with Crippen molar-refractivity contribution in [2.75, 3.05) is 5.32 Å². The van der Waals surface area contributed by atoms with Gasteiger partial charge in [-0.2, -0.15) is 0 Å². The van der Waals surface area contributed by atoms with Crippen molar-refractivity contribution in [2.24, 2.45) is 5.73 Å². The fourth-order valence-electron chi connectivity index (χ4n) is 1.88. The first-order valence-electron chi connectivity index (χ1n) is 5.73. The third kappa shape index (κ3) is 3.97. The van der Waals surface area contributed by atoms with Crippen LogP contribution in [0.15, 0.2) is 18.2 Å². The number of anilines is 1. The van der Waals surface area contributed by atoms with E-state index in [2.05, 4.69) is 26.1 Å². The molecule has 0 aliphatic heterocycles. The maximum absolute atomic E-state index is 13.1. The van der Waals surface area contributed by atoms with Crippen LogP contribution in [0.3, 0.4) is 0 Å². The van der Waals surface area contributed by atoms with Crippen LogP contribution in [0.4, 0.5) is 10.1 Å². The van der Waals surface area contributed by atoms with Gasteiger partial charge in [-0.3, -0.25) is 0 Å². The molecule has 3 N–H and O–H groups in total. The highest BCUT2D eigenvalue weighted by Gasteiger charge is 2.18. The zero-order chi connectivity index (χ0) is 13.1. The van der Waals surface area contributed by atoms with Crippen molar-refractivity contribution < 1.29 is 4.39 Å². The van der Waals surface area contributed by atoms with E-state index in [1.807, 2.05) is 0 Å². The Balaban J connectivity index is 3.02. The van der Waals surface area contributed by atoms with E-state index < -0.39 is 0 Å². The van der Waals surface area contributed by atoms with E-state index in [1.165, 1.54) is 12.1 Å². The van der Waals surface area contributed by atoms with Crippen LogP contribution in [0.5, 0.6) is 0 Å². The molecule has 4 heteroatoms. The minimum atomic E-state index is -0.327. The van der Waals surface area contributed by atoms with Crippen molar-refractivity contribution in [3.8, 4) is 0 Å². The predicted molar refractivity (Wildman–Crippen MR) is 74.9 cm³/mol. The molecule has 0 aromatic heterocycles. The summed E-state index contributed by atoms with van der Waals surface area (Å²) in [6.07, 6.45) is 2.09. The Morgan fingerprint density at radius 3 is 2.65 bits per heavy atom. The molecule has 0 bridgehead atoms. The molecule has 17 heavy (non-hydrogen) atoms. The van der Waals surface area contributed by atoms with E-state index in [1.54, 1.807) is 6.07 Å². The zero-order valence-electron chi connectivity index (χ0n) is 10.5. The molecule has 0 amide bonds. The summed E-state index contributed by atoms with van der Waals surface area (Å²) in [5.41, 5.74) is 6.89. The monoisotopic (exact) mass is 254 g/mol. The maximum Gasteiger partial charge on any atom is 0.124 e. The summed E-state index contributed by atoms with van der Waals surface area (Å²) >= 11 is 4.93. The molecule has 0 fully saturated rings. The summed E-state index contributed by atoms with van der Waals surface area (Å²) in [7, 11) is 0. The Morgan fingerprint density at radius 1 is 1.47 bits per heavy atom. The number of rotatable bonds is 5. The number of hydrogen-bond acceptors (Lipinski definition) is 2. The van der Waals surface area contributed by atoms with E-state index in [-0.39, 0.29) is 16.3 Å². The zero-order valence-corrected chi connectivity index (χ0v) is 11.3. The molecule has 0 aliphatic carbocycles. The van der Waals surface area contributed by atoms with Crippen LogP contribution in [0.25, 0.3) is 0 Å². The van der Waals surface area contributed by atoms with E-state index in [0.29, 0.717) is 5.56 Å². The van der Waals surface area contributed by atoms with Crippen molar-refractivity contribution in [2.45, 2.75) is 39.2 Å². The summed E-state index contributed by atoms with van der Waals surface area (Å²) in [6.45, 7) is 6.33. The van der Waals surface area contributed by atoms with Crippen molar-refractivity contribution in [3.63, 3.8) is 0 Å². The molecule has 0 atom stereocenters. The molecule has 1 aromatic carbocycles. The molecule has 0 aliphatic rings. The fourth-order valence-corrected chi connectivity index (χ4v) is 2.05. The van der Waals surface area contributed by atoms with Gasteiger partial charge in [-0.15, -0.1) is 0 Å². The standard InChI is InChI=1S/C13H19FN2S/c1-4-7-13(2,3)16-11-6-5-9(14)8-10(11)12(15)17/h5-6,8,16H,4,7H2,1-3H3,(H2,15,17). The highest BCUT2D eigenvalue weighted by molar-refractivity contribution is 7.80. The second-order valence-electron chi connectivity index (χ2n) is 4.81. The molecule has 0 saturated carbocycles. The Kier molecular flexibility index (Phi) is 4.46. The molecule has 0 unspecified atom stereocenters. The summed E-state index contributed by atoms with van der Waals surface area (Å²) in [5, 5.41) is 3.36. The van der Waals surface area contributed by atoms with Crippen molar-refractivity contribution in [1.82, 2.24) is 0 Å². The van der Waals surface area contributed by atoms with Gasteiger partial charge in [-0.1, -0.05) is 25.6 Å². The van der Waals surface area contributed by atoms with Crippen LogP contribution in [0.2, 0.25) is 0 Å². The van der Waals surface area contributed by atoms with Gasteiger partial charge in [-0.25, -0.2) is 4.39 Å². The van der Waals surface area contributed by atoms with Crippen LogP contribution < -0.4 is 11.1 Å². The molecular formula is C13H19FN2S. The molecule has 1 aromatic rings. The van der Waals surface area contributed by atoms with E-state index in [9.17, 15) is 4.39 Å². The average molecular weight is 254 g/mol. The Labute approximate surface area is 107 Å². The highest BCUT2D eigenvalue weighted by atomic mass is 32.1. The second-order valence-corrected chi connectivity index (χ2v) is 5.25. The Morgan fingerprint density at radius 2 is 2.12 bits per heavy atom. The first-order chi connectivity index (χ1) is 7.85. The lowest BCUT2D eigenvalue weighted by atomic mass is 9.97. The van der Waals surface area contributed by atoms with Gasteiger partial charge in [0.1, 0.15) is 10.8 Å². The first-order valence-corrected chi connectivity index (χ1v) is 6.14. The van der Waals surface area contributed by atoms with Gasteiger partial charge >= 0.3 is 0 Å². The van der Waals surface area contributed by atoms with Crippen LogP contribution in [-0.2, 0) is 0 Å². The lowest BCUT2D eigenvalue weighted by molar-refractivity contribution is 0.510. The summed E-state index contributed by atoms with van der Waals surface area (Å²) in [5.74, 6) is -0.327. The van der Waals surface area contributed by atoms with Crippen LogP contribution >= 0.6 is 12.2 Å². The van der Waals surface area contributed by atoms with Gasteiger partial charge in [0.05, 0.1) is 0 Å². The molecule has 0 radical (unpaired) electrons. The molecule has 0 saturated heterocycles. The van der Waals surface area contributed by atoms with Crippen LogP contribution in [0, 0.1) is 5.82 Å². The topological polar surface area (TPSA) is 38.0 Å². The number of halogens is 1. The van der Waals surface area contributed by atoms with Crippen LogP contribution in [0.1, 0.15) is 39.2 Å². The largest absolute Gasteiger partial charge is 0.389 e. The van der Waals surface area contributed by atoms with E-state index in [0.717, 1.165) is 18.5 Å². The number of nitrogens with two attached hydrogens (primary N) is 1. The number of hydrogen-bond donors (Lipinski definition) is 2. The van der Waals surface area contributed by atoms with E-state index in [4.69, 9.17) is 18.0 Å². The van der Waals surface area contributed by atoms with Gasteiger partial charge in [0.25, 0.3) is 0 Å². The van der Waals surface area contributed by atoms with Gasteiger partial charge in [0.2, 0.25) is 0 Å². The van der Waals surface area contributed by atoms with Gasteiger partial charge in [0.15, 0.2) is 0 Å². The fraction of sp³-hybridized carbons (Fsp3) is 0.462. The third-order valence-electron chi connectivity index (χ3n) is 2.60. The number of benzene rings is 1. The third-order valence-corrected chi connectivity index (χ3v) is 2.82. The van der Waals surface area contributed by atoms with Gasteiger partial charge in [0, 0.05) is 16.8 Å². The van der Waals surface area contributed by atoms with Crippen molar-refractivity contribution in [3.05, 3.63) is 29.6 Å². The number of nitrogens with one attached hydrogen (secondary N) is 1. The van der Waals surface area contributed by atoms with Crippen molar-refractivity contribution in [1.29, 1.82) is 0 Å². The summed E-state index contributed by atoms with van der Waals surface area (Å²) < 4.78 is 13.1. The lowest BCUT2D eigenvalue weighted by Crippen LogP contribution is -2.31. The smallest absolute Gasteiger partial charge is 0.124 e. The number of thiocarbonyl (C=S) groups is 1. The Bertz CT molecular complexity index is 416. The van der Waals surface area contributed by atoms with Gasteiger partial charge < -0.3 is 11.1 Å². The lowest BCUT2D eigenvalue weighted by Gasteiger charge is -2.28. The SMILES string of the molecule is CCCC(C)(C)Nc1ccc(F)cc1C(N)=S. The highest BCUT2D eigenvalue weighted by Crippen LogP contribution is 2.23. The predicted octanol–water partition coefficient (Wildman–Crippen LogP) is 3.45. The molecule has 2 nitrogen and oxygen atoms in total. The average Bonchev–Trinajstić information content (AvgIpc) is 2.20. The molecular weight excluding hydrogens is 235 g/mol. The second kappa shape index (κ2) is 5.45. The quantitative estimate of drug-likeness (QED) is 0.790. The van der Waals surface area contributed by atoms with Crippen LogP contribution in [-0.4, -0.2) is 10.5 Å². The molecule has 94 valence electrons. The minimum Gasteiger partial charge on any atom is -0.389 e. The van der Waals surface area contributed by atoms with Gasteiger partial charge in [-0.05, 0) is 38.5 Å². The Hall–Kier alpha value is -1.16. The minimum absolute atomic E-state index is 0.0634. The van der Waals surface area contributed by atoms with E-state index >= 15 is 0 Å². The summed E-state index contributed by atoms with van der Waals surface area (Å²) in [6, 6.07) is 4.46. The van der Waals surface area contributed by atoms with Crippen molar-refractivity contribution >= 4 is 22.9 Å². The molecule has 0 spiro atoms. The maximum atomic E-state index is 13.1. The summed E-state index contributed by atoms with van der Waals surface area (Å²) in [4.78, 5) is 0.208. The molecule has 1 rings (SSSR count). The normalized spacial score (nSPS) is 11.3. The molecule has 0 heterocycles.